The molecule has 0 aromatic carbocycles. The van der Waals surface area contributed by atoms with Gasteiger partial charge < -0.3 is 28.4 Å². The van der Waals surface area contributed by atoms with Crippen LogP contribution in [0.1, 0.15) is 27.2 Å². The van der Waals surface area contributed by atoms with E-state index in [0.717, 1.165) is 19.6 Å². The molecule has 1 unspecified atom stereocenters. The highest BCUT2D eigenvalue weighted by atomic mass is 16.6. The molecule has 22 heavy (non-hydrogen) atoms. The molecule has 134 valence electrons. The molecule has 0 rings (SSSR count). The topological polar surface area (TPSA) is 55.4 Å². The molecule has 0 aliphatic carbocycles. The second-order valence-electron chi connectivity index (χ2n) is 4.59. The van der Waals surface area contributed by atoms with Gasteiger partial charge in [-0.25, -0.2) is 0 Å². The van der Waals surface area contributed by atoms with Gasteiger partial charge in [-0.1, -0.05) is 6.92 Å². The third-order valence-corrected chi connectivity index (χ3v) is 2.86. The summed E-state index contributed by atoms with van der Waals surface area (Å²) in [6.45, 7) is 12.9. The van der Waals surface area contributed by atoms with Gasteiger partial charge in [-0.3, -0.25) is 0 Å². The summed E-state index contributed by atoms with van der Waals surface area (Å²) in [4.78, 5) is 0. The number of hydrogen-bond donors (Lipinski definition) is 0. The van der Waals surface area contributed by atoms with Gasteiger partial charge in [0.15, 0.2) is 0 Å². The number of ether oxygens (including phenoxy) is 6. The molecule has 0 aliphatic rings. The van der Waals surface area contributed by atoms with E-state index in [1.54, 1.807) is 0 Å². The molecule has 6 heteroatoms. The Morgan fingerprint density at radius 2 is 1.00 bits per heavy atom. The van der Waals surface area contributed by atoms with E-state index >= 15 is 0 Å². The number of rotatable bonds is 18. The molecule has 0 aromatic heterocycles. The molecule has 0 saturated carbocycles. The van der Waals surface area contributed by atoms with E-state index in [-0.39, 0.29) is 6.10 Å². The summed E-state index contributed by atoms with van der Waals surface area (Å²) < 4.78 is 32.4. The van der Waals surface area contributed by atoms with Crippen molar-refractivity contribution in [3.63, 3.8) is 0 Å². The fourth-order valence-corrected chi connectivity index (χ4v) is 1.62. The highest BCUT2D eigenvalue weighted by Crippen LogP contribution is 1.99. The minimum atomic E-state index is 0.110. The van der Waals surface area contributed by atoms with Gasteiger partial charge in [-0.05, 0) is 20.3 Å². The molecule has 0 saturated heterocycles. The Balaban J connectivity index is 3.29. The van der Waals surface area contributed by atoms with Crippen LogP contribution in [0.2, 0.25) is 0 Å². The number of hydrogen-bond acceptors (Lipinski definition) is 6. The summed E-state index contributed by atoms with van der Waals surface area (Å²) in [6.07, 6.45) is 1.03. The summed E-state index contributed by atoms with van der Waals surface area (Å²) in [5, 5.41) is 0. The van der Waals surface area contributed by atoms with E-state index < -0.39 is 0 Å². The first-order valence-corrected chi connectivity index (χ1v) is 8.35. The second-order valence-corrected chi connectivity index (χ2v) is 4.59. The largest absolute Gasteiger partial charge is 0.379 e. The molecule has 6 nitrogen and oxygen atoms in total. The van der Waals surface area contributed by atoms with Crippen LogP contribution in [0.5, 0.6) is 0 Å². The molecule has 0 spiro atoms. The smallest absolute Gasteiger partial charge is 0.0807 e. The van der Waals surface area contributed by atoms with Crippen molar-refractivity contribution in [1.29, 1.82) is 0 Å². The monoisotopic (exact) mass is 322 g/mol. The van der Waals surface area contributed by atoms with E-state index in [9.17, 15) is 0 Å². The predicted molar refractivity (Wildman–Crippen MR) is 85.5 cm³/mol. The van der Waals surface area contributed by atoms with Crippen molar-refractivity contribution in [3.8, 4) is 0 Å². The Hall–Kier alpha value is -0.240. The van der Waals surface area contributed by atoms with Crippen LogP contribution in [0, 0.1) is 0 Å². The van der Waals surface area contributed by atoms with Crippen molar-refractivity contribution >= 4 is 0 Å². The minimum Gasteiger partial charge on any atom is -0.379 e. The molecule has 0 amide bonds. The second kappa shape index (κ2) is 18.8. The van der Waals surface area contributed by atoms with Gasteiger partial charge in [-0.15, -0.1) is 0 Å². The van der Waals surface area contributed by atoms with Gasteiger partial charge in [0.25, 0.3) is 0 Å². The zero-order valence-electron chi connectivity index (χ0n) is 14.5. The summed E-state index contributed by atoms with van der Waals surface area (Å²) in [6, 6.07) is 0. The van der Waals surface area contributed by atoms with Crippen molar-refractivity contribution in [2.45, 2.75) is 33.3 Å². The predicted octanol–water partition coefficient (Wildman–Crippen LogP) is 1.90. The normalized spacial score (nSPS) is 12.7. The molecule has 0 bridgehead atoms. The quantitative estimate of drug-likeness (QED) is 0.359. The lowest BCUT2D eigenvalue weighted by Gasteiger charge is -2.16. The Bertz CT molecular complexity index is 203. The lowest BCUT2D eigenvalue weighted by molar-refractivity contribution is -0.0542. The van der Waals surface area contributed by atoms with Gasteiger partial charge >= 0.3 is 0 Å². The third kappa shape index (κ3) is 16.1. The van der Waals surface area contributed by atoms with Gasteiger partial charge in [0.2, 0.25) is 0 Å². The van der Waals surface area contributed by atoms with Crippen molar-refractivity contribution < 1.29 is 28.4 Å². The maximum Gasteiger partial charge on any atom is 0.0807 e. The minimum absolute atomic E-state index is 0.110. The molecule has 0 aliphatic heterocycles. The highest BCUT2D eigenvalue weighted by Gasteiger charge is 2.06. The van der Waals surface area contributed by atoms with Crippen molar-refractivity contribution in [2.75, 3.05) is 72.7 Å². The van der Waals surface area contributed by atoms with Crippen LogP contribution < -0.4 is 0 Å². The average molecular weight is 322 g/mol. The van der Waals surface area contributed by atoms with Crippen LogP contribution in [-0.2, 0) is 28.4 Å². The van der Waals surface area contributed by atoms with E-state index in [1.807, 2.05) is 13.8 Å². The van der Waals surface area contributed by atoms with Crippen LogP contribution in [0.25, 0.3) is 0 Å². The maximum atomic E-state index is 5.71. The maximum absolute atomic E-state index is 5.71. The van der Waals surface area contributed by atoms with Crippen LogP contribution in [-0.4, -0.2) is 78.8 Å². The van der Waals surface area contributed by atoms with Crippen molar-refractivity contribution in [3.05, 3.63) is 0 Å². The molecular weight excluding hydrogens is 288 g/mol. The standard InChI is InChI=1S/C16H34O6/c1-4-16(22-14-13-20-10-8-18-6-3)15-21-12-11-19-9-7-17-5-2/h16H,4-15H2,1-3H3. The van der Waals surface area contributed by atoms with Crippen LogP contribution in [0.4, 0.5) is 0 Å². The highest BCUT2D eigenvalue weighted by molar-refractivity contribution is 4.53. The van der Waals surface area contributed by atoms with E-state index in [4.69, 9.17) is 28.4 Å². The summed E-state index contributed by atoms with van der Waals surface area (Å²) in [5.41, 5.74) is 0. The summed E-state index contributed by atoms with van der Waals surface area (Å²) in [7, 11) is 0. The first-order chi connectivity index (χ1) is 10.8. The molecule has 0 heterocycles. The van der Waals surface area contributed by atoms with Crippen LogP contribution in [0.3, 0.4) is 0 Å². The fraction of sp³-hybridized carbons (Fsp3) is 1.00. The lowest BCUT2D eigenvalue weighted by atomic mass is 10.3. The third-order valence-electron chi connectivity index (χ3n) is 2.86. The van der Waals surface area contributed by atoms with Gasteiger partial charge in [-0.2, -0.15) is 0 Å². The molecular formula is C16H34O6. The zero-order valence-corrected chi connectivity index (χ0v) is 14.5. The lowest BCUT2D eigenvalue weighted by Crippen LogP contribution is -2.23. The molecule has 0 N–H and O–H groups in total. The first kappa shape index (κ1) is 21.8. The van der Waals surface area contributed by atoms with Crippen LogP contribution in [0.15, 0.2) is 0 Å². The fourth-order valence-electron chi connectivity index (χ4n) is 1.62. The molecule has 0 radical (unpaired) electrons. The summed E-state index contributed by atoms with van der Waals surface area (Å²) >= 11 is 0. The van der Waals surface area contributed by atoms with Crippen LogP contribution >= 0.6 is 0 Å². The molecule has 0 aromatic rings. The van der Waals surface area contributed by atoms with E-state index in [0.29, 0.717) is 59.5 Å². The zero-order chi connectivity index (χ0) is 16.3. The van der Waals surface area contributed by atoms with Gasteiger partial charge in [0.05, 0.1) is 65.6 Å². The van der Waals surface area contributed by atoms with Crippen molar-refractivity contribution in [1.82, 2.24) is 0 Å². The Labute approximate surface area is 135 Å². The Morgan fingerprint density at radius 1 is 0.545 bits per heavy atom. The Morgan fingerprint density at radius 3 is 1.50 bits per heavy atom. The van der Waals surface area contributed by atoms with Gasteiger partial charge in [0, 0.05) is 13.2 Å². The SMILES string of the molecule is CCOCCOCCOCC(CC)OCCOCCOCC. The first-order valence-electron chi connectivity index (χ1n) is 8.35. The summed E-state index contributed by atoms with van der Waals surface area (Å²) in [5.74, 6) is 0. The Kier molecular flexibility index (Phi) is 18.6. The van der Waals surface area contributed by atoms with E-state index in [1.165, 1.54) is 0 Å². The van der Waals surface area contributed by atoms with Gasteiger partial charge in [0.1, 0.15) is 0 Å². The average Bonchev–Trinajstić information content (AvgIpc) is 2.54. The molecule has 1 atom stereocenters. The van der Waals surface area contributed by atoms with E-state index in [2.05, 4.69) is 6.92 Å². The van der Waals surface area contributed by atoms with Crippen molar-refractivity contribution in [2.24, 2.45) is 0 Å². The molecule has 0 fully saturated rings.